The summed E-state index contributed by atoms with van der Waals surface area (Å²) in [4.78, 5) is 0. The Kier molecular flexibility index (Phi) is 5.95. The van der Waals surface area contributed by atoms with Gasteiger partial charge >= 0.3 is 0 Å². The van der Waals surface area contributed by atoms with Gasteiger partial charge in [0, 0.05) is 29.1 Å². The second-order valence-corrected chi connectivity index (χ2v) is 8.29. The van der Waals surface area contributed by atoms with Gasteiger partial charge in [0.25, 0.3) is 0 Å². The highest BCUT2D eigenvalue weighted by atomic mass is 35.5. The lowest BCUT2D eigenvalue weighted by Crippen LogP contribution is -2.56. The van der Waals surface area contributed by atoms with Crippen molar-refractivity contribution in [2.75, 3.05) is 6.61 Å². The molecule has 0 radical (unpaired) electrons. The monoisotopic (exact) mass is 451 g/mol. The molecule has 3 aromatic rings. The van der Waals surface area contributed by atoms with Crippen LogP contribution < -0.4 is 0 Å². The fraction of sp³-hybridized carbons (Fsp3) is 0.364. The summed E-state index contributed by atoms with van der Waals surface area (Å²) in [5.41, 5.74) is 2.48. The van der Waals surface area contributed by atoms with Crippen molar-refractivity contribution in [2.45, 2.75) is 44.0 Å². The van der Waals surface area contributed by atoms with Crippen molar-refractivity contribution in [3.63, 3.8) is 0 Å². The molecule has 0 unspecified atom stereocenters. The number of hydrogen-bond acceptors (Lipinski definition) is 6. The van der Waals surface area contributed by atoms with Crippen molar-refractivity contribution >= 4 is 22.5 Å². The summed E-state index contributed by atoms with van der Waals surface area (Å²) in [6.07, 6.45) is -4.82. The van der Waals surface area contributed by atoms with Crippen LogP contribution in [0.15, 0.2) is 36.5 Å². The normalized spacial score (nSPS) is 26.5. The summed E-state index contributed by atoms with van der Waals surface area (Å²) < 4.78 is 21.7. The molecule has 0 aliphatic carbocycles. The number of aliphatic hydroxyl groups is 4. The third-order valence-electron chi connectivity index (χ3n) is 5.73. The molecule has 1 fully saturated rings. The van der Waals surface area contributed by atoms with Gasteiger partial charge in [-0.3, -0.25) is 0 Å². The molecule has 0 amide bonds. The highest BCUT2D eigenvalue weighted by Gasteiger charge is 2.44. The molecule has 9 heteroatoms. The third-order valence-corrected chi connectivity index (χ3v) is 5.95. The molecule has 5 atom stereocenters. The van der Waals surface area contributed by atoms with Crippen molar-refractivity contribution in [2.24, 2.45) is 0 Å². The first kappa shape index (κ1) is 22.0. The highest BCUT2D eigenvalue weighted by Crippen LogP contribution is 2.36. The number of aromatic hydroxyl groups is 1. The van der Waals surface area contributed by atoms with E-state index in [-0.39, 0.29) is 12.2 Å². The van der Waals surface area contributed by atoms with E-state index >= 15 is 0 Å². The molecule has 31 heavy (non-hydrogen) atoms. The Labute approximate surface area is 182 Å². The minimum absolute atomic E-state index is 0.173. The van der Waals surface area contributed by atoms with Gasteiger partial charge in [0.05, 0.1) is 12.1 Å². The third kappa shape index (κ3) is 3.91. The number of aryl methyl sites for hydroxylation is 1. The van der Waals surface area contributed by atoms with E-state index in [1.165, 1.54) is 12.1 Å². The van der Waals surface area contributed by atoms with E-state index in [0.717, 1.165) is 17.0 Å². The number of aliphatic hydroxyl groups excluding tert-OH is 4. The zero-order chi connectivity index (χ0) is 22.4. The van der Waals surface area contributed by atoms with E-state index in [9.17, 15) is 29.9 Å². The molecule has 2 heterocycles. The van der Waals surface area contributed by atoms with Gasteiger partial charge in [0.1, 0.15) is 36.0 Å². The molecule has 1 aliphatic heterocycles. The average molecular weight is 452 g/mol. The van der Waals surface area contributed by atoms with Crippen LogP contribution in [0.1, 0.15) is 22.9 Å². The van der Waals surface area contributed by atoms with E-state index in [1.54, 1.807) is 22.9 Å². The molecule has 5 N–H and O–H groups in total. The van der Waals surface area contributed by atoms with Gasteiger partial charge in [-0.2, -0.15) is 0 Å². The van der Waals surface area contributed by atoms with Crippen LogP contribution in [0.25, 0.3) is 10.9 Å². The van der Waals surface area contributed by atoms with Crippen molar-refractivity contribution < 1.29 is 34.7 Å². The second kappa shape index (κ2) is 8.38. The van der Waals surface area contributed by atoms with Gasteiger partial charge in [-0.25, -0.2) is 4.39 Å². The van der Waals surface area contributed by atoms with Crippen LogP contribution in [0.2, 0.25) is 5.02 Å². The van der Waals surface area contributed by atoms with Gasteiger partial charge in [0.15, 0.2) is 6.23 Å². The number of benzene rings is 2. The number of aromatic nitrogens is 1. The van der Waals surface area contributed by atoms with E-state index < -0.39 is 43.1 Å². The molecule has 0 saturated carbocycles. The van der Waals surface area contributed by atoms with Gasteiger partial charge < -0.3 is 34.8 Å². The Bertz CT molecular complexity index is 1120. The fourth-order valence-corrected chi connectivity index (χ4v) is 4.46. The number of ether oxygens (including phenoxy) is 1. The smallest absolute Gasteiger partial charge is 0.163 e. The van der Waals surface area contributed by atoms with Crippen LogP contribution in [0.5, 0.6) is 5.75 Å². The average Bonchev–Trinajstić information content (AvgIpc) is 3.07. The Morgan fingerprint density at radius 2 is 1.81 bits per heavy atom. The Morgan fingerprint density at radius 1 is 1.06 bits per heavy atom. The molecule has 4 rings (SSSR count). The van der Waals surface area contributed by atoms with Gasteiger partial charge in [0.2, 0.25) is 0 Å². The molecule has 166 valence electrons. The van der Waals surface area contributed by atoms with Crippen LogP contribution in [0, 0.1) is 12.7 Å². The minimum Gasteiger partial charge on any atom is -0.508 e. The quantitative estimate of drug-likeness (QED) is 0.414. The SMILES string of the molecule is Cc1cc(Cl)cc2c1c(Cc1ccc(O)cc1F)cn2[C@@H]1O[C@H](CO)[C@@H](O)[C@H](O)[C@H]1O. The van der Waals surface area contributed by atoms with Gasteiger partial charge in [-0.05, 0) is 41.8 Å². The fourth-order valence-electron chi connectivity index (χ4n) is 4.19. The Morgan fingerprint density at radius 3 is 2.48 bits per heavy atom. The number of hydrogen-bond donors (Lipinski definition) is 5. The summed E-state index contributed by atoms with van der Waals surface area (Å²) in [5, 5.41) is 51.1. The van der Waals surface area contributed by atoms with Crippen LogP contribution in [0.3, 0.4) is 0 Å². The molecule has 2 aromatic carbocycles. The standard InChI is InChI=1S/C22H23ClFNO6/c1-10-4-13(23)6-16-18(10)12(5-11-2-3-14(27)7-15(11)24)8-25(16)22-21(30)20(29)19(28)17(9-26)31-22/h2-4,6-8,17,19-22,26-30H,5,9H2,1H3/t17-,19-,20+,21-,22-/m1/s1. The molecular formula is C22H23ClFNO6. The van der Waals surface area contributed by atoms with Crippen molar-refractivity contribution in [1.82, 2.24) is 4.57 Å². The van der Waals surface area contributed by atoms with Crippen molar-refractivity contribution in [3.8, 4) is 5.75 Å². The number of phenols is 1. The van der Waals surface area contributed by atoms with Gasteiger partial charge in [-0.15, -0.1) is 0 Å². The highest BCUT2D eigenvalue weighted by molar-refractivity contribution is 6.31. The van der Waals surface area contributed by atoms with E-state index in [2.05, 4.69) is 0 Å². The molecular weight excluding hydrogens is 429 g/mol. The molecule has 0 spiro atoms. The molecule has 0 bridgehead atoms. The summed E-state index contributed by atoms with van der Waals surface area (Å²) in [7, 11) is 0. The zero-order valence-corrected chi connectivity index (χ0v) is 17.4. The predicted octanol–water partition coefficient (Wildman–Crippen LogP) is 2.01. The van der Waals surface area contributed by atoms with Crippen LogP contribution in [0.4, 0.5) is 4.39 Å². The number of fused-ring (bicyclic) bond motifs is 1. The first-order valence-electron chi connectivity index (χ1n) is 9.78. The van der Waals surface area contributed by atoms with E-state index in [0.29, 0.717) is 21.7 Å². The summed E-state index contributed by atoms with van der Waals surface area (Å²) in [6, 6.07) is 7.36. The van der Waals surface area contributed by atoms with E-state index in [1.807, 2.05) is 6.92 Å². The van der Waals surface area contributed by atoms with Gasteiger partial charge in [-0.1, -0.05) is 17.7 Å². The predicted molar refractivity (Wildman–Crippen MR) is 112 cm³/mol. The van der Waals surface area contributed by atoms with Crippen LogP contribution >= 0.6 is 11.6 Å². The lowest BCUT2D eigenvalue weighted by molar-refractivity contribution is -0.250. The number of phenolic OH excluding ortho intramolecular Hbond substituents is 1. The Balaban J connectivity index is 1.84. The zero-order valence-electron chi connectivity index (χ0n) is 16.6. The number of halogens is 2. The maximum Gasteiger partial charge on any atom is 0.163 e. The molecule has 7 nitrogen and oxygen atoms in total. The minimum atomic E-state index is -1.54. The molecule has 1 aromatic heterocycles. The van der Waals surface area contributed by atoms with Crippen LogP contribution in [-0.2, 0) is 11.2 Å². The maximum absolute atomic E-state index is 14.4. The van der Waals surface area contributed by atoms with Crippen LogP contribution in [-0.4, -0.2) is 61.1 Å². The van der Waals surface area contributed by atoms with Crippen molar-refractivity contribution in [3.05, 3.63) is 64.1 Å². The lowest BCUT2D eigenvalue weighted by atomic mass is 9.98. The summed E-state index contributed by atoms with van der Waals surface area (Å²) in [5.74, 6) is -0.728. The van der Waals surface area contributed by atoms with E-state index in [4.69, 9.17) is 16.3 Å². The molecule has 1 aliphatic rings. The largest absolute Gasteiger partial charge is 0.508 e. The van der Waals surface area contributed by atoms with Crippen molar-refractivity contribution in [1.29, 1.82) is 0 Å². The topological polar surface area (TPSA) is 115 Å². The Hall–Kier alpha value is -2.20. The first-order valence-corrected chi connectivity index (χ1v) is 10.2. The summed E-state index contributed by atoms with van der Waals surface area (Å²) >= 11 is 6.26. The first-order chi connectivity index (χ1) is 14.7. The number of nitrogens with zero attached hydrogens (tertiary/aromatic N) is 1. The summed E-state index contributed by atoms with van der Waals surface area (Å²) in [6.45, 7) is 1.30. The number of rotatable bonds is 4. The molecule has 1 saturated heterocycles. The second-order valence-electron chi connectivity index (χ2n) is 7.85. The maximum atomic E-state index is 14.4. The lowest BCUT2D eigenvalue weighted by Gasteiger charge is -2.40.